The van der Waals surface area contributed by atoms with Gasteiger partial charge in [0.1, 0.15) is 12.2 Å². The molecule has 0 aliphatic heterocycles. The zero-order valence-electron chi connectivity index (χ0n) is 13.8. The maximum Gasteiger partial charge on any atom is 0.254 e. The Morgan fingerprint density at radius 1 is 1.31 bits per heavy atom. The van der Waals surface area contributed by atoms with Crippen molar-refractivity contribution in [3.63, 3.8) is 0 Å². The van der Waals surface area contributed by atoms with E-state index in [0.29, 0.717) is 17.1 Å². The van der Waals surface area contributed by atoms with Gasteiger partial charge in [-0.25, -0.2) is 9.97 Å². The number of fused-ring (bicyclic) bond motifs is 1. The summed E-state index contributed by atoms with van der Waals surface area (Å²) in [5.41, 5.74) is 1.58. The fourth-order valence-electron chi connectivity index (χ4n) is 2.58. The predicted octanol–water partition coefficient (Wildman–Crippen LogP) is 3.06. The summed E-state index contributed by atoms with van der Waals surface area (Å²) >= 11 is 1.60. The van der Waals surface area contributed by atoms with Gasteiger partial charge in [0.15, 0.2) is 5.76 Å². The second kappa shape index (κ2) is 6.57. The van der Waals surface area contributed by atoms with E-state index < -0.39 is 0 Å². The number of furan rings is 1. The molecule has 1 N–H and O–H groups in total. The molecule has 130 valence electrons. The van der Waals surface area contributed by atoms with Crippen LogP contribution in [0.3, 0.4) is 0 Å². The van der Waals surface area contributed by atoms with Crippen LogP contribution in [-0.4, -0.2) is 20.4 Å². The van der Waals surface area contributed by atoms with E-state index >= 15 is 0 Å². The molecular formula is C18H14N4O3S. The van der Waals surface area contributed by atoms with Crippen molar-refractivity contribution in [1.29, 1.82) is 0 Å². The number of anilines is 1. The lowest BCUT2D eigenvalue weighted by Gasteiger charge is -2.07. The van der Waals surface area contributed by atoms with Gasteiger partial charge < -0.3 is 9.73 Å². The fraction of sp³-hybridized carbons (Fsp3) is 0.111. The summed E-state index contributed by atoms with van der Waals surface area (Å²) in [5, 5.41) is 3.75. The number of thiazole rings is 1. The first-order chi connectivity index (χ1) is 12.6. The van der Waals surface area contributed by atoms with Gasteiger partial charge in [0.25, 0.3) is 5.56 Å². The maximum absolute atomic E-state index is 12.3. The standard InChI is InChI=1S/C18H14N4O3S/c1-11-20-14-7-12(4-5-16(14)26-11)21-17(23)9-22-10-19-13(8-18(22)24)15-3-2-6-25-15/h2-8,10H,9H2,1H3,(H,21,23). The molecule has 0 unspecified atom stereocenters. The van der Waals surface area contributed by atoms with Crippen molar-refractivity contribution in [3.8, 4) is 11.5 Å². The van der Waals surface area contributed by atoms with Crippen LogP contribution in [0.15, 0.2) is 58.2 Å². The van der Waals surface area contributed by atoms with Crippen molar-refractivity contribution < 1.29 is 9.21 Å². The number of benzene rings is 1. The average Bonchev–Trinajstić information content (AvgIpc) is 3.25. The Kier molecular flexibility index (Phi) is 4.10. The second-order valence-electron chi connectivity index (χ2n) is 5.68. The van der Waals surface area contributed by atoms with Crippen LogP contribution < -0.4 is 10.9 Å². The topological polar surface area (TPSA) is 90.0 Å². The van der Waals surface area contributed by atoms with E-state index in [1.165, 1.54) is 23.2 Å². The van der Waals surface area contributed by atoms with E-state index in [1.54, 1.807) is 23.5 Å². The predicted molar refractivity (Wildman–Crippen MR) is 99.2 cm³/mol. The van der Waals surface area contributed by atoms with Gasteiger partial charge in [-0.3, -0.25) is 14.2 Å². The molecule has 3 aromatic heterocycles. The maximum atomic E-state index is 12.3. The minimum Gasteiger partial charge on any atom is -0.463 e. The smallest absolute Gasteiger partial charge is 0.254 e. The Bertz CT molecular complexity index is 1140. The average molecular weight is 366 g/mol. The third-order valence-corrected chi connectivity index (χ3v) is 4.70. The number of rotatable bonds is 4. The molecule has 4 rings (SSSR count). The number of hydrogen-bond donors (Lipinski definition) is 1. The van der Waals surface area contributed by atoms with Gasteiger partial charge in [-0.15, -0.1) is 11.3 Å². The SMILES string of the molecule is Cc1nc2cc(NC(=O)Cn3cnc(-c4ccco4)cc3=O)ccc2s1. The molecule has 0 radical (unpaired) electrons. The highest BCUT2D eigenvalue weighted by Gasteiger charge is 2.10. The molecule has 0 atom stereocenters. The molecule has 1 aromatic carbocycles. The number of nitrogens with zero attached hydrogens (tertiary/aromatic N) is 3. The zero-order valence-corrected chi connectivity index (χ0v) is 14.6. The number of aromatic nitrogens is 3. The molecule has 1 amide bonds. The molecular weight excluding hydrogens is 352 g/mol. The number of nitrogens with one attached hydrogen (secondary N) is 1. The lowest BCUT2D eigenvalue weighted by Crippen LogP contribution is -2.27. The Labute approximate surface area is 151 Å². The molecule has 0 saturated carbocycles. The number of amides is 1. The Morgan fingerprint density at radius 2 is 2.19 bits per heavy atom. The highest BCUT2D eigenvalue weighted by Crippen LogP contribution is 2.24. The van der Waals surface area contributed by atoms with Crippen molar-refractivity contribution in [3.05, 3.63) is 64.4 Å². The van der Waals surface area contributed by atoms with Gasteiger partial charge >= 0.3 is 0 Å². The molecule has 8 heteroatoms. The Balaban J connectivity index is 1.49. The number of hydrogen-bond acceptors (Lipinski definition) is 6. The molecule has 0 spiro atoms. The zero-order chi connectivity index (χ0) is 18.1. The molecule has 0 aliphatic rings. The van der Waals surface area contributed by atoms with Crippen molar-refractivity contribution in [2.24, 2.45) is 0 Å². The normalized spacial score (nSPS) is 11.0. The lowest BCUT2D eigenvalue weighted by atomic mass is 10.3. The molecule has 0 bridgehead atoms. The van der Waals surface area contributed by atoms with E-state index in [-0.39, 0.29) is 18.0 Å². The van der Waals surface area contributed by atoms with Gasteiger partial charge in [-0.2, -0.15) is 0 Å². The fourth-order valence-corrected chi connectivity index (χ4v) is 3.39. The first-order valence-corrected chi connectivity index (χ1v) is 8.67. The Morgan fingerprint density at radius 3 is 2.96 bits per heavy atom. The van der Waals surface area contributed by atoms with Gasteiger partial charge in [0.05, 0.1) is 27.8 Å². The van der Waals surface area contributed by atoms with E-state index in [1.807, 2.05) is 25.1 Å². The highest BCUT2D eigenvalue weighted by molar-refractivity contribution is 7.18. The minimum atomic E-state index is -0.327. The van der Waals surface area contributed by atoms with Crippen LogP contribution in [0, 0.1) is 6.92 Å². The largest absolute Gasteiger partial charge is 0.463 e. The van der Waals surface area contributed by atoms with Crippen molar-refractivity contribution in [1.82, 2.24) is 14.5 Å². The molecule has 0 saturated heterocycles. The molecule has 3 heterocycles. The first-order valence-electron chi connectivity index (χ1n) is 7.86. The van der Waals surface area contributed by atoms with E-state index in [9.17, 15) is 9.59 Å². The van der Waals surface area contributed by atoms with Crippen LogP contribution in [0.4, 0.5) is 5.69 Å². The lowest BCUT2D eigenvalue weighted by molar-refractivity contribution is -0.116. The molecule has 0 fully saturated rings. The summed E-state index contributed by atoms with van der Waals surface area (Å²) in [5.74, 6) is 0.191. The minimum absolute atomic E-state index is 0.127. The van der Waals surface area contributed by atoms with E-state index in [4.69, 9.17) is 4.42 Å². The summed E-state index contributed by atoms with van der Waals surface area (Å²) in [7, 11) is 0. The summed E-state index contributed by atoms with van der Waals surface area (Å²) < 4.78 is 7.52. The van der Waals surface area contributed by atoms with Crippen LogP contribution in [0.5, 0.6) is 0 Å². The molecule has 7 nitrogen and oxygen atoms in total. The molecule has 0 aliphatic carbocycles. The van der Waals surface area contributed by atoms with E-state index in [0.717, 1.165) is 15.2 Å². The monoisotopic (exact) mass is 366 g/mol. The molecule has 4 aromatic rings. The number of carbonyl (C=O) groups is 1. The molecule has 26 heavy (non-hydrogen) atoms. The second-order valence-corrected chi connectivity index (χ2v) is 6.92. The van der Waals surface area contributed by atoms with Gasteiger partial charge in [-0.1, -0.05) is 0 Å². The Hall–Kier alpha value is -3.26. The van der Waals surface area contributed by atoms with Crippen molar-refractivity contribution >= 4 is 33.1 Å². The third kappa shape index (κ3) is 3.27. The third-order valence-electron chi connectivity index (χ3n) is 3.75. The summed E-state index contributed by atoms with van der Waals surface area (Å²) in [4.78, 5) is 33.0. The summed E-state index contributed by atoms with van der Waals surface area (Å²) in [6, 6.07) is 10.3. The summed E-state index contributed by atoms with van der Waals surface area (Å²) in [6.45, 7) is 1.81. The van der Waals surface area contributed by atoms with Crippen LogP contribution in [-0.2, 0) is 11.3 Å². The van der Waals surface area contributed by atoms with Crippen LogP contribution in [0.1, 0.15) is 5.01 Å². The highest BCUT2D eigenvalue weighted by atomic mass is 32.1. The van der Waals surface area contributed by atoms with Crippen molar-refractivity contribution in [2.45, 2.75) is 13.5 Å². The van der Waals surface area contributed by atoms with Crippen molar-refractivity contribution in [2.75, 3.05) is 5.32 Å². The first kappa shape index (κ1) is 16.2. The number of aryl methyl sites for hydroxylation is 1. The number of carbonyl (C=O) groups excluding carboxylic acids is 1. The van der Waals surface area contributed by atoms with Crippen LogP contribution in [0.25, 0.3) is 21.7 Å². The van der Waals surface area contributed by atoms with Crippen LogP contribution >= 0.6 is 11.3 Å². The van der Waals surface area contributed by atoms with E-state index in [2.05, 4.69) is 15.3 Å². The van der Waals surface area contributed by atoms with Gasteiger partial charge in [0.2, 0.25) is 5.91 Å². The van der Waals surface area contributed by atoms with Gasteiger partial charge in [0, 0.05) is 11.8 Å². The van der Waals surface area contributed by atoms with Gasteiger partial charge in [-0.05, 0) is 37.3 Å². The quantitative estimate of drug-likeness (QED) is 0.599. The summed E-state index contributed by atoms with van der Waals surface area (Å²) in [6.07, 6.45) is 2.85. The van der Waals surface area contributed by atoms with Crippen LogP contribution in [0.2, 0.25) is 0 Å².